The lowest BCUT2D eigenvalue weighted by molar-refractivity contribution is -0.131. The average molecular weight is 417 g/mol. The van der Waals surface area contributed by atoms with E-state index in [4.69, 9.17) is 5.41 Å². The molecule has 0 unspecified atom stereocenters. The highest BCUT2D eigenvalue weighted by molar-refractivity contribution is 7.10. The summed E-state index contributed by atoms with van der Waals surface area (Å²) in [5, 5.41) is 32.2. The van der Waals surface area contributed by atoms with Gasteiger partial charge >= 0.3 is 0 Å². The largest absolute Gasteiger partial charge is 0.506 e. The van der Waals surface area contributed by atoms with Crippen LogP contribution < -0.4 is 5.32 Å². The van der Waals surface area contributed by atoms with E-state index in [-0.39, 0.29) is 17.6 Å². The van der Waals surface area contributed by atoms with Gasteiger partial charge in [-0.2, -0.15) is 5.26 Å². The van der Waals surface area contributed by atoms with Gasteiger partial charge in [-0.05, 0) is 53.8 Å². The van der Waals surface area contributed by atoms with Crippen LogP contribution in [0.25, 0.3) is 11.1 Å². The minimum Gasteiger partial charge on any atom is -0.506 e. The number of hydrogen-bond donors (Lipinski definition) is 3. The van der Waals surface area contributed by atoms with Crippen molar-refractivity contribution in [1.82, 2.24) is 15.2 Å². The minimum atomic E-state index is -0.902. The summed E-state index contributed by atoms with van der Waals surface area (Å²) in [6.45, 7) is 1.88. The van der Waals surface area contributed by atoms with Gasteiger partial charge in [0.15, 0.2) is 5.96 Å². The van der Waals surface area contributed by atoms with E-state index in [0.29, 0.717) is 11.3 Å². The highest BCUT2D eigenvalue weighted by atomic mass is 32.1. The fraction of sp³-hybridized carbons (Fsp3) is 0.182. The number of pyridine rings is 1. The Balaban J connectivity index is 1.81. The monoisotopic (exact) mass is 417 g/mol. The number of nitrogens with one attached hydrogen (secondary N) is 2. The zero-order valence-electron chi connectivity index (χ0n) is 16.4. The van der Waals surface area contributed by atoms with E-state index >= 15 is 0 Å². The maximum absolute atomic E-state index is 13.2. The molecular weight excluding hydrogens is 398 g/mol. The van der Waals surface area contributed by atoms with Crippen molar-refractivity contribution in [3.63, 3.8) is 0 Å². The fourth-order valence-electron chi connectivity index (χ4n) is 3.68. The zero-order valence-corrected chi connectivity index (χ0v) is 17.2. The maximum atomic E-state index is 13.2. The Morgan fingerprint density at radius 1 is 1.30 bits per heavy atom. The molecule has 1 aliphatic rings. The first kappa shape index (κ1) is 19.6. The Morgan fingerprint density at radius 2 is 2.10 bits per heavy atom. The molecule has 3 aromatic rings. The number of nitriles is 1. The van der Waals surface area contributed by atoms with Gasteiger partial charge in [-0.25, -0.2) is 0 Å². The van der Waals surface area contributed by atoms with Gasteiger partial charge in [0.2, 0.25) is 5.91 Å². The molecule has 4 rings (SSSR count). The second-order valence-electron chi connectivity index (χ2n) is 7.34. The second kappa shape index (κ2) is 7.28. The number of hydrogen-bond acceptors (Lipinski definition) is 6. The van der Waals surface area contributed by atoms with Crippen molar-refractivity contribution in [3.8, 4) is 22.9 Å². The SMILES string of the molecule is CN1C(=N)N[C@](C)(c2cc(-c3cccc(C#N)c3)cs2)[C@H](c2ccc(O)cn2)C1=O. The third-order valence-electron chi connectivity index (χ3n) is 5.37. The molecule has 7 nitrogen and oxygen atoms in total. The third kappa shape index (κ3) is 3.19. The standard InChI is InChI=1S/C22H19N5O2S/c1-22(18-9-15(12-30-18)14-5-3-4-13(8-14)10-23)19(17-7-6-16(28)11-25-17)20(29)27(2)21(24)26-22/h3-9,11-12,19,28H,1-2H3,(H2,24,26)/t19-,22-/m1/s1. The van der Waals surface area contributed by atoms with Crippen molar-refractivity contribution < 1.29 is 9.90 Å². The molecule has 2 aromatic heterocycles. The molecule has 3 N–H and O–H groups in total. The van der Waals surface area contributed by atoms with Crippen molar-refractivity contribution in [2.24, 2.45) is 0 Å². The molecule has 1 fully saturated rings. The van der Waals surface area contributed by atoms with Gasteiger partial charge in [0.1, 0.15) is 11.7 Å². The van der Waals surface area contributed by atoms with Crippen molar-refractivity contribution in [1.29, 1.82) is 10.7 Å². The Morgan fingerprint density at radius 3 is 2.80 bits per heavy atom. The number of amides is 1. The van der Waals surface area contributed by atoms with Gasteiger partial charge in [-0.3, -0.25) is 20.1 Å². The quantitative estimate of drug-likeness (QED) is 0.605. The lowest BCUT2D eigenvalue weighted by Crippen LogP contribution is -2.62. The predicted octanol–water partition coefficient (Wildman–Crippen LogP) is 3.38. The normalized spacial score (nSPS) is 21.2. The molecule has 3 heterocycles. The number of benzene rings is 1. The molecular formula is C22H19N5O2S. The molecule has 0 saturated carbocycles. The van der Waals surface area contributed by atoms with Crippen LogP contribution in [-0.2, 0) is 10.3 Å². The van der Waals surface area contributed by atoms with E-state index in [9.17, 15) is 15.2 Å². The van der Waals surface area contributed by atoms with Crippen LogP contribution >= 0.6 is 11.3 Å². The Kier molecular flexibility index (Phi) is 4.76. The van der Waals surface area contributed by atoms with Crippen LogP contribution in [0, 0.1) is 16.7 Å². The van der Waals surface area contributed by atoms with Crippen LogP contribution in [-0.4, -0.2) is 33.9 Å². The summed E-state index contributed by atoms with van der Waals surface area (Å²) in [7, 11) is 1.55. The Labute approximate surface area is 177 Å². The summed E-state index contributed by atoms with van der Waals surface area (Å²) in [4.78, 5) is 19.6. The average Bonchev–Trinajstić information content (AvgIpc) is 3.25. The van der Waals surface area contributed by atoms with Gasteiger partial charge < -0.3 is 10.4 Å². The summed E-state index contributed by atoms with van der Waals surface area (Å²) in [6.07, 6.45) is 1.32. The first-order chi connectivity index (χ1) is 14.3. The Hall–Kier alpha value is -3.70. The van der Waals surface area contributed by atoms with Crippen molar-refractivity contribution >= 4 is 23.2 Å². The smallest absolute Gasteiger partial charge is 0.240 e. The maximum Gasteiger partial charge on any atom is 0.240 e. The molecule has 2 atom stereocenters. The van der Waals surface area contributed by atoms with E-state index in [2.05, 4.69) is 16.4 Å². The number of aromatic nitrogens is 1. The third-order valence-corrected chi connectivity index (χ3v) is 6.54. The van der Waals surface area contributed by atoms with E-state index in [0.717, 1.165) is 16.0 Å². The van der Waals surface area contributed by atoms with Crippen molar-refractivity contribution in [2.75, 3.05) is 7.05 Å². The van der Waals surface area contributed by atoms with Crippen molar-refractivity contribution in [3.05, 3.63) is 70.2 Å². The van der Waals surface area contributed by atoms with E-state index in [1.165, 1.54) is 28.5 Å². The summed E-state index contributed by atoms with van der Waals surface area (Å²) in [6, 6.07) is 14.6. The van der Waals surface area contributed by atoms with Crippen LogP contribution in [0.1, 0.15) is 29.0 Å². The molecule has 30 heavy (non-hydrogen) atoms. The van der Waals surface area contributed by atoms with Gasteiger partial charge in [-0.15, -0.1) is 11.3 Å². The summed E-state index contributed by atoms with van der Waals surface area (Å²) >= 11 is 1.48. The fourth-order valence-corrected chi connectivity index (χ4v) is 4.74. The highest BCUT2D eigenvalue weighted by Crippen LogP contribution is 2.44. The number of likely N-dealkylation sites (N-methyl/N-ethyl adjacent to an activating group) is 1. The number of aromatic hydroxyl groups is 1. The van der Waals surface area contributed by atoms with Crippen LogP contribution in [0.4, 0.5) is 0 Å². The number of carbonyl (C=O) groups is 1. The van der Waals surface area contributed by atoms with E-state index in [1.54, 1.807) is 19.2 Å². The summed E-state index contributed by atoms with van der Waals surface area (Å²) in [5.74, 6) is -0.900. The highest BCUT2D eigenvalue weighted by Gasteiger charge is 2.49. The molecule has 0 aliphatic carbocycles. The number of carbonyl (C=O) groups excluding carboxylic acids is 1. The number of guanidine groups is 1. The van der Waals surface area contributed by atoms with Crippen LogP contribution in [0.2, 0.25) is 0 Å². The molecule has 0 spiro atoms. The molecule has 150 valence electrons. The van der Waals surface area contributed by atoms with Gasteiger partial charge in [0.05, 0.1) is 29.1 Å². The molecule has 8 heteroatoms. The minimum absolute atomic E-state index is 0.0129. The first-order valence-corrected chi connectivity index (χ1v) is 10.1. The summed E-state index contributed by atoms with van der Waals surface area (Å²) in [5.41, 5.74) is 2.03. The van der Waals surface area contributed by atoms with Crippen LogP contribution in [0.5, 0.6) is 5.75 Å². The topological polar surface area (TPSA) is 113 Å². The van der Waals surface area contributed by atoms with Gasteiger partial charge in [0.25, 0.3) is 0 Å². The molecule has 0 radical (unpaired) electrons. The lowest BCUT2D eigenvalue weighted by Gasteiger charge is -2.44. The Bertz CT molecular complexity index is 1180. The van der Waals surface area contributed by atoms with E-state index < -0.39 is 11.5 Å². The first-order valence-electron chi connectivity index (χ1n) is 9.22. The lowest BCUT2D eigenvalue weighted by atomic mass is 9.78. The molecule has 1 aromatic carbocycles. The molecule has 0 bridgehead atoms. The molecule has 1 aliphatic heterocycles. The second-order valence-corrected chi connectivity index (χ2v) is 8.25. The van der Waals surface area contributed by atoms with Gasteiger partial charge in [-0.1, -0.05) is 12.1 Å². The van der Waals surface area contributed by atoms with Crippen molar-refractivity contribution in [2.45, 2.75) is 18.4 Å². The number of nitrogens with zero attached hydrogens (tertiary/aromatic N) is 3. The van der Waals surface area contributed by atoms with Crippen LogP contribution in [0.15, 0.2) is 54.0 Å². The molecule has 1 amide bonds. The number of thiophene rings is 1. The number of rotatable bonds is 3. The van der Waals surface area contributed by atoms with E-state index in [1.807, 2.05) is 36.6 Å². The predicted molar refractivity (Wildman–Crippen MR) is 114 cm³/mol. The molecule has 1 saturated heterocycles. The zero-order chi connectivity index (χ0) is 21.5. The summed E-state index contributed by atoms with van der Waals surface area (Å²) < 4.78 is 0. The van der Waals surface area contributed by atoms with Gasteiger partial charge in [0, 0.05) is 11.9 Å². The van der Waals surface area contributed by atoms with Crippen LogP contribution in [0.3, 0.4) is 0 Å².